The number of halogens is 3. The molecule has 0 aromatic rings. The molecule has 9 heteroatoms. The van der Waals surface area contributed by atoms with E-state index in [1.807, 2.05) is 0 Å². The Hall–Kier alpha value is -1.06. The molecule has 1 aliphatic heterocycles. The van der Waals surface area contributed by atoms with Crippen molar-refractivity contribution in [3.8, 4) is 0 Å². The normalized spacial score (nSPS) is 18.8. The number of aliphatic imine (C=N–C) groups is 1. The van der Waals surface area contributed by atoms with Gasteiger partial charge in [0.05, 0.1) is 13.2 Å². The standard InChI is InChI=1S/C15H28F3N3O3/c1-19-14(21-6-3-8-24-12-15(16,17)18)20-5-2-7-22-10-13-4-9-23-11-13/h13H,2-12H2,1H3,(H2,19,20,21). The van der Waals surface area contributed by atoms with E-state index in [1.165, 1.54) is 0 Å². The summed E-state index contributed by atoms with van der Waals surface area (Å²) in [5.74, 6) is 1.14. The summed E-state index contributed by atoms with van der Waals surface area (Å²) in [5.41, 5.74) is 0. The van der Waals surface area contributed by atoms with Gasteiger partial charge in [-0.15, -0.1) is 0 Å². The molecule has 0 aromatic carbocycles. The number of alkyl halides is 3. The fourth-order valence-corrected chi connectivity index (χ4v) is 2.14. The van der Waals surface area contributed by atoms with Crippen molar-refractivity contribution in [3.05, 3.63) is 0 Å². The van der Waals surface area contributed by atoms with E-state index in [1.54, 1.807) is 7.05 Å². The number of rotatable bonds is 11. The van der Waals surface area contributed by atoms with Crippen LogP contribution in [0.3, 0.4) is 0 Å². The summed E-state index contributed by atoms with van der Waals surface area (Å²) >= 11 is 0. The van der Waals surface area contributed by atoms with Gasteiger partial charge in [0, 0.05) is 45.9 Å². The van der Waals surface area contributed by atoms with Gasteiger partial charge in [0.2, 0.25) is 0 Å². The molecule has 1 fully saturated rings. The van der Waals surface area contributed by atoms with E-state index in [4.69, 9.17) is 9.47 Å². The van der Waals surface area contributed by atoms with Gasteiger partial charge >= 0.3 is 6.18 Å². The van der Waals surface area contributed by atoms with Crippen LogP contribution in [0.15, 0.2) is 4.99 Å². The molecule has 0 aliphatic carbocycles. The first kappa shape index (κ1) is 21.0. The highest BCUT2D eigenvalue weighted by molar-refractivity contribution is 5.79. The fourth-order valence-electron chi connectivity index (χ4n) is 2.14. The smallest absolute Gasteiger partial charge is 0.381 e. The third-order valence-electron chi connectivity index (χ3n) is 3.38. The van der Waals surface area contributed by atoms with Gasteiger partial charge in [-0.3, -0.25) is 4.99 Å². The van der Waals surface area contributed by atoms with E-state index < -0.39 is 12.8 Å². The van der Waals surface area contributed by atoms with E-state index in [-0.39, 0.29) is 6.61 Å². The maximum atomic E-state index is 11.9. The van der Waals surface area contributed by atoms with Crippen LogP contribution in [0.5, 0.6) is 0 Å². The van der Waals surface area contributed by atoms with Crippen molar-refractivity contribution < 1.29 is 27.4 Å². The molecule has 1 heterocycles. The summed E-state index contributed by atoms with van der Waals surface area (Å²) in [6.07, 6.45) is -1.87. The molecule has 1 rings (SSSR count). The lowest BCUT2D eigenvalue weighted by Gasteiger charge is -2.13. The summed E-state index contributed by atoms with van der Waals surface area (Å²) in [5, 5.41) is 6.15. The molecular formula is C15H28F3N3O3. The lowest BCUT2D eigenvalue weighted by atomic mass is 10.1. The first-order chi connectivity index (χ1) is 11.5. The van der Waals surface area contributed by atoms with E-state index in [9.17, 15) is 13.2 Å². The minimum atomic E-state index is -4.27. The Balaban J connectivity index is 1.91. The maximum Gasteiger partial charge on any atom is 0.411 e. The van der Waals surface area contributed by atoms with Gasteiger partial charge in [0.25, 0.3) is 0 Å². The molecule has 1 saturated heterocycles. The molecule has 2 N–H and O–H groups in total. The third kappa shape index (κ3) is 11.5. The SMILES string of the molecule is CN=C(NCCCOCC1CCOC1)NCCCOCC(F)(F)F. The summed E-state index contributed by atoms with van der Waals surface area (Å²) in [6, 6.07) is 0. The Morgan fingerprint density at radius 1 is 1.17 bits per heavy atom. The van der Waals surface area contributed by atoms with Gasteiger partial charge in [0.1, 0.15) is 6.61 Å². The van der Waals surface area contributed by atoms with Crippen LogP contribution in [0.25, 0.3) is 0 Å². The van der Waals surface area contributed by atoms with Crippen LogP contribution >= 0.6 is 0 Å². The monoisotopic (exact) mass is 355 g/mol. The number of guanidine groups is 1. The van der Waals surface area contributed by atoms with Crippen LogP contribution in [0.1, 0.15) is 19.3 Å². The number of nitrogens with one attached hydrogen (secondary N) is 2. The molecule has 24 heavy (non-hydrogen) atoms. The number of nitrogens with zero attached hydrogens (tertiary/aromatic N) is 1. The Morgan fingerprint density at radius 2 is 1.83 bits per heavy atom. The lowest BCUT2D eigenvalue weighted by Crippen LogP contribution is -2.38. The van der Waals surface area contributed by atoms with Crippen molar-refractivity contribution in [2.75, 3.05) is 59.8 Å². The van der Waals surface area contributed by atoms with Gasteiger partial charge in [0.15, 0.2) is 5.96 Å². The second-order valence-electron chi connectivity index (χ2n) is 5.61. The Kier molecular flexibility index (Phi) is 10.8. The molecule has 1 unspecified atom stereocenters. The van der Waals surface area contributed by atoms with Crippen molar-refractivity contribution in [3.63, 3.8) is 0 Å². The van der Waals surface area contributed by atoms with Crippen LogP contribution in [0.2, 0.25) is 0 Å². The maximum absolute atomic E-state index is 11.9. The summed E-state index contributed by atoms with van der Waals surface area (Å²) < 4.78 is 51.0. The van der Waals surface area contributed by atoms with Gasteiger partial charge in [-0.1, -0.05) is 0 Å². The molecular weight excluding hydrogens is 327 g/mol. The van der Waals surface area contributed by atoms with Crippen LogP contribution in [-0.4, -0.2) is 71.9 Å². The quantitative estimate of drug-likeness (QED) is 0.335. The topological polar surface area (TPSA) is 64.1 Å². The van der Waals surface area contributed by atoms with E-state index in [0.717, 1.165) is 32.7 Å². The molecule has 1 aliphatic rings. The average Bonchev–Trinajstić information content (AvgIpc) is 3.04. The molecule has 0 amide bonds. The number of ether oxygens (including phenoxy) is 3. The molecule has 0 radical (unpaired) electrons. The Morgan fingerprint density at radius 3 is 2.38 bits per heavy atom. The van der Waals surface area contributed by atoms with Crippen LogP contribution in [-0.2, 0) is 14.2 Å². The average molecular weight is 355 g/mol. The summed E-state index contributed by atoms with van der Waals surface area (Å²) in [4.78, 5) is 4.04. The largest absolute Gasteiger partial charge is 0.411 e. The van der Waals surface area contributed by atoms with Gasteiger partial charge < -0.3 is 24.8 Å². The van der Waals surface area contributed by atoms with E-state index >= 15 is 0 Å². The predicted octanol–water partition coefficient (Wildman–Crippen LogP) is 1.56. The van der Waals surface area contributed by atoms with E-state index in [2.05, 4.69) is 20.4 Å². The minimum Gasteiger partial charge on any atom is -0.381 e. The van der Waals surface area contributed by atoms with Crippen LogP contribution in [0, 0.1) is 5.92 Å². The van der Waals surface area contributed by atoms with Crippen molar-refractivity contribution in [1.29, 1.82) is 0 Å². The Labute approximate surface area is 141 Å². The zero-order valence-electron chi connectivity index (χ0n) is 14.2. The molecule has 0 saturated carbocycles. The zero-order chi connectivity index (χ0) is 17.7. The highest BCUT2D eigenvalue weighted by Crippen LogP contribution is 2.14. The van der Waals surface area contributed by atoms with E-state index in [0.29, 0.717) is 38.0 Å². The molecule has 1 atom stereocenters. The van der Waals surface area contributed by atoms with Crippen LogP contribution in [0.4, 0.5) is 13.2 Å². The fraction of sp³-hybridized carbons (Fsp3) is 0.933. The molecule has 0 spiro atoms. The van der Waals surface area contributed by atoms with Crippen LogP contribution < -0.4 is 10.6 Å². The first-order valence-electron chi connectivity index (χ1n) is 8.26. The van der Waals surface area contributed by atoms with Gasteiger partial charge in [-0.25, -0.2) is 0 Å². The van der Waals surface area contributed by atoms with Gasteiger partial charge in [-0.2, -0.15) is 13.2 Å². The van der Waals surface area contributed by atoms with Gasteiger partial charge in [-0.05, 0) is 19.3 Å². The molecule has 0 bridgehead atoms. The second-order valence-corrected chi connectivity index (χ2v) is 5.61. The summed E-state index contributed by atoms with van der Waals surface area (Å²) in [7, 11) is 1.64. The summed E-state index contributed by atoms with van der Waals surface area (Å²) in [6.45, 7) is 3.10. The van der Waals surface area contributed by atoms with Crippen molar-refractivity contribution >= 4 is 5.96 Å². The third-order valence-corrected chi connectivity index (χ3v) is 3.38. The minimum absolute atomic E-state index is 0.0578. The second kappa shape index (κ2) is 12.3. The molecule has 142 valence electrons. The zero-order valence-corrected chi connectivity index (χ0v) is 14.2. The Bertz CT molecular complexity index is 349. The number of hydrogen-bond acceptors (Lipinski definition) is 4. The first-order valence-corrected chi connectivity index (χ1v) is 8.26. The highest BCUT2D eigenvalue weighted by Gasteiger charge is 2.27. The predicted molar refractivity (Wildman–Crippen MR) is 85.2 cm³/mol. The molecule has 6 nitrogen and oxygen atoms in total. The van der Waals surface area contributed by atoms with Crippen molar-refractivity contribution in [2.24, 2.45) is 10.9 Å². The van der Waals surface area contributed by atoms with Crippen molar-refractivity contribution in [2.45, 2.75) is 25.4 Å². The molecule has 0 aromatic heterocycles. The van der Waals surface area contributed by atoms with Crippen molar-refractivity contribution in [1.82, 2.24) is 10.6 Å². The highest BCUT2D eigenvalue weighted by atomic mass is 19.4. The number of hydrogen-bond donors (Lipinski definition) is 2. The lowest BCUT2D eigenvalue weighted by molar-refractivity contribution is -0.173.